The van der Waals surface area contributed by atoms with Crippen LogP contribution < -0.4 is 4.18 Å². The highest BCUT2D eigenvalue weighted by atomic mass is 35.5. The van der Waals surface area contributed by atoms with E-state index in [-0.39, 0.29) is 15.7 Å². The summed E-state index contributed by atoms with van der Waals surface area (Å²) in [6.07, 6.45) is -4.80. The number of nitrogens with zero attached hydrogens (tertiary/aromatic N) is 2. The van der Waals surface area contributed by atoms with Gasteiger partial charge in [-0.3, -0.25) is 0 Å². The van der Waals surface area contributed by atoms with Gasteiger partial charge in [0.2, 0.25) is 5.88 Å². The van der Waals surface area contributed by atoms with Crippen LogP contribution in [-0.4, -0.2) is 18.2 Å². The first-order valence-electron chi connectivity index (χ1n) is 7.61. The van der Waals surface area contributed by atoms with Crippen molar-refractivity contribution in [2.24, 2.45) is 0 Å². The highest BCUT2D eigenvalue weighted by Gasteiger charge is 2.36. The SMILES string of the molecule is Cc1ccc(-n2nc(C(F)(F)F)cc2OS(=O)(=O)c2cc(Cl)ccc2Cl)cc1. The fraction of sp³-hybridized carbons (Fsp3) is 0.118. The van der Waals surface area contributed by atoms with E-state index in [9.17, 15) is 21.6 Å². The second-order valence-corrected chi connectivity index (χ2v) is 8.08. The van der Waals surface area contributed by atoms with Gasteiger partial charge in [-0.1, -0.05) is 40.9 Å². The molecule has 28 heavy (non-hydrogen) atoms. The maximum atomic E-state index is 13.1. The number of benzene rings is 2. The lowest BCUT2D eigenvalue weighted by Crippen LogP contribution is -2.13. The van der Waals surface area contributed by atoms with E-state index in [1.54, 1.807) is 19.1 Å². The molecule has 0 aliphatic heterocycles. The van der Waals surface area contributed by atoms with Crippen LogP contribution in [0.25, 0.3) is 5.69 Å². The van der Waals surface area contributed by atoms with E-state index in [2.05, 4.69) is 5.10 Å². The van der Waals surface area contributed by atoms with Crippen LogP contribution in [0.1, 0.15) is 11.3 Å². The molecule has 3 aromatic rings. The fourth-order valence-corrected chi connectivity index (χ4v) is 3.91. The lowest BCUT2D eigenvalue weighted by molar-refractivity contribution is -0.141. The number of alkyl halides is 3. The first-order valence-corrected chi connectivity index (χ1v) is 9.77. The molecule has 0 N–H and O–H groups in total. The van der Waals surface area contributed by atoms with Crippen molar-refractivity contribution in [3.8, 4) is 11.6 Å². The zero-order chi connectivity index (χ0) is 20.7. The van der Waals surface area contributed by atoms with Crippen LogP contribution in [-0.2, 0) is 16.3 Å². The molecule has 1 aromatic heterocycles. The van der Waals surface area contributed by atoms with Crippen LogP contribution in [0.2, 0.25) is 10.0 Å². The quantitative estimate of drug-likeness (QED) is 0.507. The second-order valence-electron chi connectivity index (χ2n) is 5.73. The van der Waals surface area contributed by atoms with Crippen LogP contribution in [0.5, 0.6) is 5.88 Å². The zero-order valence-corrected chi connectivity index (χ0v) is 16.4. The number of aromatic nitrogens is 2. The number of hydrogen-bond acceptors (Lipinski definition) is 4. The molecule has 0 spiro atoms. The van der Waals surface area contributed by atoms with Gasteiger partial charge in [0.15, 0.2) is 5.69 Å². The minimum atomic E-state index is -4.80. The van der Waals surface area contributed by atoms with Gasteiger partial charge in [-0.15, -0.1) is 0 Å². The molecule has 2 aromatic carbocycles. The fourth-order valence-electron chi connectivity index (χ4n) is 2.26. The summed E-state index contributed by atoms with van der Waals surface area (Å²) in [5, 5.41) is 3.31. The predicted octanol–water partition coefficient (Wildman–Crippen LogP) is 5.27. The average Bonchev–Trinajstić information content (AvgIpc) is 3.01. The van der Waals surface area contributed by atoms with E-state index in [1.165, 1.54) is 24.3 Å². The topological polar surface area (TPSA) is 61.2 Å². The highest BCUT2D eigenvalue weighted by Crippen LogP contribution is 2.34. The molecule has 0 unspecified atom stereocenters. The monoisotopic (exact) mass is 450 g/mol. The largest absolute Gasteiger partial charge is 0.435 e. The Kier molecular flexibility index (Phi) is 5.35. The molecule has 0 saturated carbocycles. The molecule has 0 aliphatic rings. The maximum absolute atomic E-state index is 13.1. The van der Waals surface area contributed by atoms with E-state index < -0.39 is 32.8 Å². The van der Waals surface area contributed by atoms with E-state index in [0.717, 1.165) is 16.3 Å². The van der Waals surface area contributed by atoms with Gasteiger partial charge in [-0.05, 0) is 37.3 Å². The van der Waals surface area contributed by atoms with Crippen LogP contribution >= 0.6 is 23.2 Å². The average molecular weight is 451 g/mol. The lowest BCUT2D eigenvalue weighted by Gasteiger charge is -2.10. The Morgan fingerprint density at radius 2 is 1.68 bits per heavy atom. The summed E-state index contributed by atoms with van der Waals surface area (Å²) in [7, 11) is -4.58. The summed E-state index contributed by atoms with van der Waals surface area (Å²) in [6, 6.07) is 10.4. The van der Waals surface area contributed by atoms with Crippen molar-refractivity contribution in [2.75, 3.05) is 0 Å². The summed E-state index contributed by atoms with van der Waals surface area (Å²) in [5.41, 5.74) is -0.272. The van der Waals surface area contributed by atoms with Crippen molar-refractivity contribution in [2.45, 2.75) is 18.0 Å². The van der Waals surface area contributed by atoms with E-state index in [1.807, 2.05) is 0 Å². The van der Waals surface area contributed by atoms with Gasteiger partial charge in [0.25, 0.3) is 0 Å². The lowest BCUT2D eigenvalue weighted by atomic mass is 10.2. The van der Waals surface area contributed by atoms with Crippen LogP contribution in [0.3, 0.4) is 0 Å². The van der Waals surface area contributed by atoms with Gasteiger partial charge >= 0.3 is 16.3 Å². The molecule has 0 atom stereocenters. The van der Waals surface area contributed by atoms with Gasteiger partial charge in [0.1, 0.15) is 4.90 Å². The van der Waals surface area contributed by atoms with E-state index in [4.69, 9.17) is 27.4 Å². The first kappa shape index (κ1) is 20.5. The minimum absolute atomic E-state index is 0.0644. The van der Waals surface area contributed by atoms with E-state index in [0.29, 0.717) is 6.07 Å². The maximum Gasteiger partial charge on any atom is 0.435 e. The van der Waals surface area contributed by atoms with Crippen LogP contribution in [0, 0.1) is 6.92 Å². The summed E-state index contributed by atoms with van der Waals surface area (Å²) < 4.78 is 70.2. The van der Waals surface area contributed by atoms with Gasteiger partial charge in [-0.25, -0.2) is 0 Å². The Balaban J connectivity index is 2.11. The molecular weight excluding hydrogens is 440 g/mol. The van der Waals surface area contributed by atoms with Gasteiger partial charge < -0.3 is 4.18 Å². The van der Waals surface area contributed by atoms with Crippen molar-refractivity contribution in [3.05, 3.63) is 69.8 Å². The van der Waals surface area contributed by atoms with E-state index >= 15 is 0 Å². The molecular formula is C17H11Cl2F3N2O3S. The van der Waals surface area contributed by atoms with Gasteiger partial charge in [-0.2, -0.15) is 31.4 Å². The number of rotatable bonds is 4. The van der Waals surface area contributed by atoms with Crippen molar-refractivity contribution >= 4 is 33.3 Å². The molecule has 11 heteroatoms. The molecule has 5 nitrogen and oxygen atoms in total. The smallest absolute Gasteiger partial charge is 0.358 e. The first-order chi connectivity index (χ1) is 13.0. The standard InChI is InChI=1S/C17H11Cl2F3N2O3S/c1-10-2-5-12(6-3-10)24-16(9-15(23-24)17(20,21)22)27-28(25,26)14-8-11(18)4-7-13(14)19/h2-9H,1H3. The Labute approximate surface area is 168 Å². The molecule has 0 amide bonds. The van der Waals surface area contributed by atoms with Crippen molar-refractivity contribution < 1.29 is 25.8 Å². The molecule has 148 valence electrons. The zero-order valence-electron chi connectivity index (χ0n) is 14.0. The Morgan fingerprint density at radius 1 is 1.04 bits per heavy atom. The number of aryl methyl sites for hydroxylation is 1. The Hall–Kier alpha value is -2.23. The third-order valence-corrected chi connectivity index (χ3v) is 5.55. The Bertz CT molecular complexity index is 1130. The molecule has 1 heterocycles. The number of hydrogen-bond donors (Lipinski definition) is 0. The molecule has 0 fully saturated rings. The summed E-state index contributed by atoms with van der Waals surface area (Å²) >= 11 is 11.7. The normalized spacial score (nSPS) is 12.2. The van der Waals surface area contributed by atoms with Crippen molar-refractivity contribution in [1.29, 1.82) is 0 Å². The highest BCUT2D eigenvalue weighted by molar-refractivity contribution is 7.87. The summed E-state index contributed by atoms with van der Waals surface area (Å²) in [4.78, 5) is -0.480. The predicted molar refractivity (Wildman–Crippen MR) is 97.6 cm³/mol. The molecule has 0 saturated heterocycles. The molecule has 0 aliphatic carbocycles. The third-order valence-electron chi connectivity index (χ3n) is 3.60. The van der Waals surface area contributed by atoms with Crippen LogP contribution in [0.15, 0.2) is 53.4 Å². The molecule has 0 radical (unpaired) electrons. The van der Waals surface area contributed by atoms with Crippen molar-refractivity contribution in [1.82, 2.24) is 9.78 Å². The molecule has 3 rings (SSSR count). The minimum Gasteiger partial charge on any atom is -0.358 e. The summed E-state index contributed by atoms with van der Waals surface area (Å²) in [5.74, 6) is -0.646. The summed E-state index contributed by atoms with van der Waals surface area (Å²) in [6.45, 7) is 1.79. The van der Waals surface area contributed by atoms with Gasteiger partial charge in [0, 0.05) is 11.1 Å². The second kappa shape index (κ2) is 7.31. The molecule has 0 bridgehead atoms. The van der Waals surface area contributed by atoms with Crippen LogP contribution in [0.4, 0.5) is 13.2 Å². The van der Waals surface area contributed by atoms with Gasteiger partial charge in [0.05, 0.1) is 10.7 Å². The third kappa shape index (κ3) is 4.26. The number of halogens is 5. The Morgan fingerprint density at radius 3 is 2.29 bits per heavy atom. The van der Waals surface area contributed by atoms with Crippen molar-refractivity contribution in [3.63, 3.8) is 0 Å².